The zero-order chi connectivity index (χ0) is 20.2. The number of ketones is 1. The van der Waals surface area contributed by atoms with Crippen LogP contribution in [0.2, 0.25) is 0 Å². The summed E-state index contributed by atoms with van der Waals surface area (Å²) in [6, 6.07) is 9.31. The molecule has 0 N–H and O–H groups in total. The largest absolute Gasteiger partial charge is 0.464 e. The zero-order valence-electron chi connectivity index (χ0n) is 16.3. The highest BCUT2D eigenvalue weighted by Gasteiger charge is 2.19. The van der Waals surface area contributed by atoms with Crippen molar-refractivity contribution in [2.75, 3.05) is 13.7 Å². The summed E-state index contributed by atoms with van der Waals surface area (Å²) in [5.41, 5.74) is 2.86. The van der Waals surface area contributed by atoms with Crippen LogP contribution in [0.4, 0.5) is 0 Å². The molecule has 1 aromatic carbocycles. The third-order valence-corrected chi connectivity index (χ3v) is 5.11. The molecular weight excluding hydrogens is 370 g/mol. The number of carbonyl (C=O) groups is 2. The number of esters is 1. The van der Waals surface area contributed by atoms with E-state index in [1.807, 2.05) is 29.1 Å². The molecule has 7 heteroatoms. The maximum Gasteiger partial charge on any atom is 0.356 e. The molecule has 1 atom stereocenters. The molecule has 0 saturated carbocycles. The summed E-state index contributed by atoms with van der Waals surface area (Å²) in [6.45, 7) is 0.754. The Bertz CT molecular complexity index is 1040. The van der Waals surface area contributed by atoms with E-state index in [9.17, 15) is 9.59 Å². The van der Waals surface area contributed by atoms with Gasteiger partial charge in [-0.25, -0.2) is 14.5 Å². The van der Waals surface area contributed by atoms with Crippen LogP contribution in [0.3, 0.4) is 0 Å². The van der Waals surface area contributed by atoms with E-state index < -0.39 is 5.97 Å². The molecule has 1 aliphatic rings. The lowest BCUT2D eigenvalue weighted by molar-refractivity contribution is -0.117. The van der Waals surface area contributed by atoms with Crippen LogP contribution in [0, 0.1) is 0 Å². The number of carbonyl (C=O) groups excluding carboxylic acids is 2. The smallest absolute Gasteiger partial charge is 0.356 e. The Labute approximate surface area is 168 Å². The van der Waals surface area contributed by atoms with E-state index in [4.69, 9.17) is 4.74 Å². The van der Waals surface area contributed by atoms with Crippen LogP contribution in [-0.2, 0) is 27.1 Å². The molecule has 0 radical (unpaired) electrons. The molecule has 2 aromatic heterocycles. The first-order chi connectivity index (χ1) is 14.1. The molecule has 0 spiro atoms. The van der Waals surface area contributed by atoms with Crippen molar-refractivity contribution in [3.05, 3.63) is 59.5 Å². The normalized spacial score (nSPS) is 16.7. The van der Waals surface area contributed by atoms with Gasteiger partial charge in [0, 0.05) is 31.0 Å². The SMILES string of the molecule is COC(=O)c1cc(CC(=O)Cc2ccc3cnn(C4CCCCO4)c3c2)ccn1. The highest BCUT2D eigenvalue weighted by molar-refractivity contribution is 5.88. The summed E-state index contributed by atoms with van der Waals surface area (Å²) in [5, 5.41) is 5.53. The molecule has 7 nitrogen and oxygen atoms in total. The number of benzene rings is 1. The number of fused-ring (bicyclic) bond motifs is 1. The molecule has 0 bridgehead atoms. The van der Waals surface area contributed by atoms with Crippen LogP contribution in [0.1, 0.15) is 47.1 Å². The average Bonchev–Trinajstić information content (AvgIpc) is 3.17. The van der Waals surface area contributed by atoms with Crippen LogP contribution in [0.15, 0.2) is 42.7 Å². The summed E-state index contributed by atoms with van der Waals surface area (Å²) in [5.74, 6) is -0.450. The number of Topliss-reactive ketones (excluding diaryl/α,β-unsaturated/α-hetero) is 1. The van der Waals surface area contributed by atoms with Gasteiger partial charge in [0.15, 0.2) is 6.23 Å². The van der Waals surface area contributed by atoms with Crippen LogP contribution in [-0.4, -0.2) is 40.2 Å². The van der Waals surface area contributed by atoms with E-state index in [1.54, 1.807) is 12.1 Å². The van der Waals surface area contributed by atoms with E-state index >= 15 is 0 Å². The van der Waals surface area contributed by atoms with Crippen molar-refractivity contribution in [1.29, 1.82) is 0 Å². The Morgan fingerprint density at radius 1 is 1.17 bits per heavy atom. The van der Waals surface area contributed by atoms with Crippen molar-refractivity contribution < 1.29 is 19.1 Å². The number of hydrogen-bond acceptors (Lipinski definition) is 6. The Morgan fingerprint density at radius 3 is 2.76 bits per heavy atom. The lowest BCUT2D eigenvalue weighted by Gasteiger charge is -2.23. The number of rotatable bonds is 6. The second-order valence-electron chi connectivity index (χ2n) is 7.24. The van der Waals surface area contributed by atoms with Gasteiger partial charge in [-0.1, -0.05) is 12.1 Å². The highest BCUT2D eigenvalue weighted by Crippen LogP contribution is 2.26. The molecule has 29 heavy (non-hydrogen) atoms. The van der Waals surface area contributed by atoms with Gasteiger partial charge in [0.25, 0.3) is 0 Å². The topological polar surface area (TPSA) is 83.3 Å². The van der Waals surface area contributed by atoms with Gasteiger partial charge in [0.2, 0.25) is 0 Å². The second-order valence-corrected chi connectivity index (χ2v) is 7.24. The number of aromatic nitrogens is 3. The number of methoxy groups -OCH3 is 1. The predicted molar refractivity (Wildman–Crippen MR) is 107 cm³/mol. The van der Waals surface area contributed by atoms with Crippen molar-refractivity contribution >= 4 is 22.7 Å². The van der Waals surface area contributed by atoms with Gasteiger partial charge < -0.3 is 9.47 Å². The minimum absolute atomic E-state index is 0.0410. The first-order valence-corrected chi connectivity index (χ1v) is 9.77. The monoisotopic (exact) mass is 393 g/mol. The molecule has 3 aromatic rings. The third-order valence-electron chi connectivity index (χ3n) is 5.11. The molecule has 1 fully saturated rings. The zero-order valence-corrected chi connectivity index (χ0v) is 16.3. The van der Waals surface area contributed by atoms with Gasteiger partial charge in [-0.3, -0.25) is 4.79 Å². The fourth-order valence-corrected chi connectivity index (χ4v) is 3.66. The van der Waals surface area contributed by atoms with Crippen molar-refractivity contribution in [3.63, 3.8) is 0 Å². The summed E-state index contributed by atoms with van der Waals surface area (Å²) in [6.07, 6.45) is 7.02. The van der Waals surface area contributed by atoms with Crippen molar-refractivity contribution in [2.45, 2.75) is 38.3 Å². The molecule has 0 amide bonds. The molecule has 0 aliphatic carbocycles. The first kappa shape index (κ1) is 19.3. The van der Waals surface area contributed by atoms with Crippen LogP contribution in [0.5, 0.6) is 0 Å². The Hall–Kier alpha value is -3.06. The fraction of sp³-hybridized carbons (Fsp3) is 0.364. The van der Waals surface area contributed by atoms with Crippen LogP contribution in [0.25, 0.3) is 10.9 Å². The fourth-order valence-electron chi connectivity index (χ4n) is 3.66. The predicted octanol–water partition coefficient (Wildman–Crippen LogP) is 3.27. The summed E-state index contributed by atoms with van der Waals surface area (Å²) >= 11 is 0. The summed E-state index contributed by atoms with van der Waals surface area (Å²) in [7, 11) is 1.31. The lowest BCUT2D eigenvalue weighted by atomic mass is 10.0. The molecular formula is C22H23N3O4. The molecule has 1 saturated heterocycles. The van der Waals surface area contributed by atoms with E-state index in [1.165, 1.54) is 13.3 Å². The molecule has 1 aliphatic heterocycles. The minimum Gasteiger partial charge on any atom is -0.464 e. The molecule has 1 unspecified atom stereocenters. The highest BCUT2D eigenvalue weighted by atomic mass is 16.5. The quantitative estimate of drug-likeness (QED) is 0.598. The van der Waals surface area contributed by atoms with Gasteiger partial charge in [-0.2, -0.15) is 5.10 Å². The Kier molecular flexibility index (Phi) is 5.67. The Morgan fingerprint density at radius 2 is 2.00 bits per heavy atom. The number of nitrogens with zero attached hydrogens (tertiary/aromatic N) is 3. The Balaban J connectivity index is 1.49. The first-order valence-electron chi connectivity index (χ1n) is 9.77. The molecule has 4 rings (SSSR count). The van der Waals surface area contributed by atoms with Crippen LogP contribution >= 0.6 is 0 Å². The van der Waals surface area contributed by atoms with Gasteiger partial charge in [-0.05, 0) is 48.6 Å². The van der Waals surface area contributed by atoms with Crippen molar-refractivity contribution in [1.82, 2.24) is 14.8 Å². The van der Waals surface area contributed by atoms with Gasteiger partial charge in [-0.15, -0.1) is 0 Å². The third kappa shape index (κ3) is 4.35. The average molecular weight is 393 g/mol. The molecule has 3 heterocycles. The second kappa shape index (κ2) is 8.53. The van der Waals surface area contributed by atoms with E-state index in [0.29, 0.717) is 6.42 Å². The van der Waals surface area contributed by atoms with E-state index in [0.717, 1.165) is 47.9 Å². The van der Waals surface area contributed by atoms with Gasteiger partial charge >= 0.3 is 5.97 Å². The van der Waals surface area contributed by atoms with Gasteiger partial charge in [0.05, 0.1) is 18.8 Å². The van der Waals surface area contributed by atoms with Crippen LogP contribution < -0.4 is 0 Å². The van der Waals surface area contributed by atoms with E-state index in [2.05, 4.69) is 14.8 Å². The van der Waals surface area contributed by atoms with Crippen molar-refractivity contribution in [3.8, 4) is 0 Å². The summed E-state index contributed by atoms with van der Waals surface area (Å²) < 4.78 is 12.5. The lowest BCUT2D eigenvalue weighted by Crippen LogP contribution is -2.19. The van der Waals surface area contributed by atoms with Gasteiger partial charge in [0.1, 0.15) is 11.5 Å². The summed E-state index contributed by atoms with van der Waals surface area (Å²) in [4.78, 5) is 28.2. The van der Waals surface area contributed by atoms with E-state index in [-0.39, 0.29) is 24.1 Å². The maximum absolute atomic E-state index is 12.6. The number of pyridine rings is 1. The standard InChI is InChI=1S/C22H23N3O4/c1-28-22(27)19-12-16(7-8-23-19)11-18(26)10-15-5-6-17-14-24-25(20(17)13-15)21-4-2-3-9-29-21/h5-8,12-14,21H,2-4,9-11H2,1H3. The number of hydrogen-bond donors (Lipinski definition) is 0. The minimum atomic E-state index is -0.511. The molecule has 150 valence electrons. The maximum atomic E-state index is 12.6. The van der Waals surface area contributed by atoms with Crippen molar-refractivity contribution in [2.24, 2.45) is 0 Å². The number of ether oxygens (including phenoxy) is 2.